The van der Waals surface area contributed by atoms with Crippen LogP contribution in [0.4, 0.5) is 0 Å². The van der Waals surface area contributed by atoms with Gasteiger partial charge in [0.25, 0.3) is 5.56 Å². The summed E-state index contributed by atoms with van der Waals surface area (Å²) in [4.78, 5) is 25.5. The van der Waals surface area contributed by atoms with Crippen LogP contribution in [0, 0.1) is 34.6 Å². The number of hydrogen-bond acceptors (Lipinski definition) is 4. The molecule has 170 valence electrons. The van der Waals surface area contributed by atoms with Crippen LogP contribution >= 0.6 is 0 Å². The molecule has 1 aromatic heterocycles. The molecule has 0 amide bonds. The molecule has 0 saturated carbocycles. The Hall–Kier alpha value is -3.80. The van der Waals surface area contributed by atoms with E-state index in [4.69, 9.17) is 9.47 Å². The molecule has 6 nitrogen and oxygen atoms in total. The number of nitrogens with one attached hydrogen (secondary N) is 1. The third-order valence-corrected chi connectivity index (χ3v) is 6.02. The molecule has 3 aromatic carbocycles. The highest BCUT2D eigenvalue weighted by molar-refractivity contribution is 5.91. The molecular formula is C27H28N2O4. The summed E-state index contributed by atoms with van der Waals surface area (Å²) in [7, 11) is 0. The van der Waals surface area contributed by atoms with Crippen LogP contribution in [0.1, 0.15) is 27.8 Å². The minimum absolute atomic E-state index is 0.247. The van der Waals surface area contributed by atoms with E-state index in [1.54, 1.807) is 0 Å². The first kappa shape index (κ1) is 22.4. The molecule has 0 radical (unpaired) electrons. The van der Waals surface area contributed by atoms with Crippen molar-refractivity contribution in [1.82, 2.24) is 9.55 Å². The van der Waals surface area contributed by atoms with E-state index >= 15 is 0 Å². The smallest absolute Gasteiger partial charge is 0.328 e. The van der Waals surface area contributed by atoms with Crippen LogP contribution in [0.2, 0.25) is 0 Å². The van der Waals surface area contributed by atoms with E-state index in [9.17, 15) is 9.59 Å². The molecule has 0 aliphatic carbocycles. The molecule has 0 saturated heterocycles. The van der Waals surface area contributed by atoms with Crippen LogP contribution in [-0.4, -0.2) is 16.2 Å². The van der Waals surface area contributed by atoms with E-state index < -0.39 is 11.2 Å². The quantitative estimate of drug-likeness (QED) is 0.449. The van der Waals surface area contributed by atoms with Gasteiger partial charge in [0.05, 0.1) is 6.54 Å². The highest BCUT2D eigenvalue weighted by atomic mass is 16.5. The number of benzene rings is 3. The number of ether oxygens (including phenoxy) is 2. The minimum atomic E-state index is -0.458. The van der Waals surface area contributed by atoms with E-state index in [1.165, 1.54) is 22.4 Å². The number of nitrogens with zero attached hydrogens (tertiary/aromatic N) is 1. The Bertz CT molecular complexity index is 1460. The predicted octanol–water partition coefficient (Wildman–Crippen LogP) is 5.10. The van der Waals surface area contributed by atoms with Gasteiger partial charge in [-0.3, -0.25) is 14.3 Å². The summed E-state index contributed by atoms with van der Waals surface area (Å²) in [6, 6.07) is 13.8. The molecule has 33 heavy (non-hydrogen) atoms. The van der Waals surface area contributed by atoms with E-state index in [-0.39, 0.29) is 6.61 Å². The average Bonchev–Trinajstić information content (AvgIpc) is 2.76. The van der Waals surface area contributed by atoms with Crippen LogP contribution in [0.5, 0.6) is 17.2 Å². The van der Waals surface area contributed by atoms with Crippen molar-refractivity contribution < 1.29 is 9.47 Å². The lowest BCUT2D eigenvalue weighted by atomic mass is 9.99. The molecule has 0 bridgehead atoms. The number of aromatic amines is 1. The van der Waals surface area contributed by atoms with Gasteiger partial charge in [-0.1, -0.05) is 23.8 Å². The van der Waals surface area contributed by atoms with Crippen molar-refractivity contribution in [3.8, 4) is 17.2 Å². The van der Waals surface area contributed by atoms with Crippen molar-refractivity contribution in [1.29, 1.82) is 0 Å². The van der Waals surface area contributed by atoms with Crippen LogP contribution in [0.25, 0.3) is 10.8 Å². The van der Waals surface area contributed by atoms with E-state index in [0.29, 0.717) is 18.0 Å². The zero-order valence-corrected chi connectivity index (χ0v) is 19.6. The average molecular weight is 445 g/mol. The molecule has 1 heterocycles. The summed E-state index contributed by atoms with van der Waals surface area (Å²) >= 11 is 0. The van der Waals surface area contributed by atoms with Crippen molar-refractivity contribution in [3.05, 3.63) is 97.3 Å². The molecule has 0 spiro atoms. The Morgan fingerprint density at radius 3 is 2.30 bits per heavy atom. The lowest BCUT2D eigenvalue weighted by molar-refractivity contribution is 0.283. The van der Waals surface area contributed by atoms with Gasteiger partial charge in [0.15, 0.2) is 11.5 Å². The number of H-pyrrole nitrogens is 1. The Kier molecular flexibility index (Phi) is 6.09. The van der Waals surface area contributed by atoms with Crippen LogP contribution in [0.15, 0.2) is 58.3 Å². The van der Waals surface area contributed by atoms with Gasteiger partial charge >= 0.3 is 5.69 Å². The molecule has 0 aliphatic heterocycles. The van der Waals surface area contributed by atoms with Gasteiger partial charge in [-0.25, -0.2) is 4.79 Å². The fourth-order valence-electron chi connectivity index (χ4n) is 3.79. The summed E-state index contributed by atoms with van der Waals surface area (Å²) in [5.41, 5.74) is 4.71. The van der Waals surface area contributed by atoms with Crippen LogP contribution in [-0.2, 0) is 6.54 Å². The van der Waals surface area contributed by atoms with Crippen molar-refractivity contribution in [2.75, 3.05) is 6.61 Å². The lowest BCUT2D eigenvalue weighted by Crippen LogP contribution is -2.30. The third-order valence-electron chi connectivity index (χ3n) is 6.02. The van der Waals surface area contributed by atoms with Crippen molar-refractivity contribution in [2.24, 2.45) is 0 Å². The summed E-state index contributed by atoms with van der Waals surface area (Å²) in [5.74, 6) is 2.05. The van der Waals surface area contributed by atoms with E-state index in [0.717, 1.165) is 38.8 Å². The molecule has 0 fully saturated rings. The predicted molar refractivity (Wildman–Crippen MR) is 131 cm³/mol. The van der Waals surface area contributed by atoms with Gasteiger partial charge in [0, 0.05) is 17.6 Å². The molecule has 1 N–H and O–H groups in total. The second-order valence-corrected chi connectivity index (χ2v) is 8.51. The minimum Gasteiger partial charge on any atom is -0.488 e. The fourth-order valence-corrected chi connectivity index (χ4v) is 3.79. The number of fused-ring (bicyclic) bond motifs is 1. The van der Waals surface area contributed by atoms with Crippen molar-refractivity contribution in [2.45, 2.75) is 41.2 Å². The zero-order chi connectivity index (χ0) is 23.7. The monoisotopic (exact) mass is 444 g/mol. The Labute approximate surface area is 192 Å². The number of hydrogen-bond donors (Lipinski definition) is 1. The summed E-state index contributed by atoms with van der Waals surface area (Å²) in [6.07, 6.45) is 1.47. The van der Waals surface area contributed by atoms with E-state index in [1.807, 2.05) is 26.0 Å². The maximum Gasteiger partial charge on any atom is 0.328 e. The number of rotatable bonds is 6. The Balaban J connectivity index is 1.68. The molecule has 0 aliphatic rings. The molecule has 0 unspecified atom stereocenters. The third kappa shape index (κ3) is 4.70. The number of aromatic nitrogens is 2. The summed E-state index contributed by atoms with van der Waals surface area (Å²) < 4.78 is 14.0. The van der Waals surface area contributed by atoms with Gasteiger partial charge in [0.2, 0.25) is 0 Å². The maximum atomic E-state index is 11.9. The van der Waals surface area contributed by atoms with Gasteiger partial charge in [-0.2, -0.15) is 0 Å². The van der Waals surface area contributed by atoms with Crippen molar-refractivity contribution in [3.63, 3.8) is 0 Å². The SMILES string of the molecule is Cc1ccc2cc(C)c(C)c(Oc3cc(C)c(C)cc3OCCn3ccc(=O)[nH]c3=O)c2c1. The molecule has 6 heteroatoms. The van der Waals surface area contributed by atoms with Gasteiger partial charge in [-0.15, -0.1) is 0 Å². The Morgan fingerprint density at radius 2 is 1.58 bits per heavy atom. The summed E-state index contributed by atoms with van der Waals surface area (Å²) in [5, 5.41) is 2.18. The number of aryl methyl sites for hydroxylation is 4. The zero-order valence-electron chi connectivity index (χ0n) is 19.6. The molecule has 0 atom stereocenters. The highest BCUT2D eigenvalue weighted by Crippen LogP contribution is 2.40. The fraction of sp³-hybridized carbons (Fsp3) is 0.259. The first-order valence-electron chi connectivity index (χ1n) is 10.9. The molecule has 4 aromatic rings. The summed E-state index contributed by atoms with van der Waals surface area (Å²) in [6.45, 7) is 10.8. The first-order chi connectivity index (χ1) is 15.7. The van der Waals surface area contributed by atoms with Gasteiger partial charge in [0.1, 0.15) is 12.4 Å². The second kappa shape index (κ2) is 8.98. The maximum absolute atomic E-state index is 11.9. The highest BCUT2D eigenvalue weighted by Gasteiger charge is 2.15. The lowest BCUT2D eigenvalue weighted by Gasteiger charge is -2.19. The van der Waals surface area contributed by atoms with Crippen LogP contribution < -0.4 is 20.7 Å². The van der Waals surface area contributed by atoms with E-state index in [2.05, 4.69) is 50.0 Å². The van der Waals surface area contributed by atoms with Crippen LogP contribution in [0.3, 0.4) is 0 Å². The van der Waals surface area contributed by atoms with Gasteiger partial charge in [-0.05, 0) is 80.5 Å². The van der Waals surface area contributed by atoms with Crippen molar-refractivity contribution >= 4 is 10.8 Å². The first-order valence-corrected chi connectivity index (χ1v) is 10.9. The van der Waals surface area contributed by atoms with Gasteiger partial charge < -0.3 is 9.47 Å². The second-order valence-electron chi connectivity index (χ2n) is 8.51. The Morgan fingerprint density at radius 1 is 0.848 bits per heavy atom. The largest absolute Gasteiger partial charge is 0.488 e. The normalized spacial score (nSPS) is 11.1. The molecule has 4 rings (SSSR count). The topological polar surface area (TPSA) is 73.3 Å². The molecular weight excluding hydrogens is 416 g/mol. The standard InChI is InChI=1S/C27H28N2O4/c1-16-6-7-21-13-19(4)20(5)26(22(21)12-16)33-24-15-18(3)17(2)14-23(24)32-11-10-29-9-8-25(30)28-27(29)31/h6-9,12-15H,10-11H2,1-5H3,(H,28,30,31).